The molecule has 2 rings (SSSR count). The van der Waals surface area contributed by atoms with Gasteiger partial charge >= 0.3 is 0 Å². The molecule has 358 valence electrons. The minimum absolute atomic E-state index is 0.0378. The molecule has 23 heteroatoms. The van der Waals surface area contributed by atoms with Crippen molar-refractivity contribution in [1.29, 1.82) is 10.8 Å². The molecule has 1 fully saturated rings. The van der Waals surface area contributed by atoms with Crippen LogP contribution in [-0.4, -0.2) is 132 Å². The summed E-state index contributed by atoms with van der Waals surface area (Å²) in [6.07, 6.45) is 2.57. The summed E-state index contributed by atoms with van der Waals surface area (Å²) >= 11 is 0. The van der Waals surface area contributed by atoms with Crippen LogP contribution in [0.3, 0.4) is 0 Å². The standard InChI is InChI=1S/C41H71N15O8/c1-22(2)11-16-27(33(44)58)51-36(61)30(21-42)54-35(60)29(20-24-12-14-25(57)15-13-24)53-38(63)32(23(3)4)55-34(59)28(9-6-18-50-41(47)48)52-37(62)31-10-7-19-56(31)39(64)26(43)8-5-17-49-40(45)46/h12-15,22-23,26-32,57H,5-11,16-21,42-43H2,1-4H3,(H2,44,58)(H,51,61)(H,52,62)(H,53,63)(H,54,60)(H,55,59)(H4,45,46,49)(H4,47,48,50). The minimum atomic E-state index is -1.35. The van der Waals surface area contributed by atoms with Crippen LogP contribution in [0.4, 0.5) is 0 Å². The number of nitrogens with two attached hydrogens (primary N) is 5. The van der Waals surface area contributed by atoms with Crippen molar-refractivity contribution in [3.63, 3.8) is 0 Å². The first-order valence-corrected chi connectivity index (χ1v) is 21.7. The van der Waals surface area contributed by atoms with Gasteiger partial charge in [0.1, 0.15) is 42.0 Å². The van der Waals surface area contributed by atoms with E-state index in [-0.39, 0.29) is 75.3 Å². The van der Waals surface area contributed by atoms with E-state index in [1.807, 2.05) is 13.8 Å². The van der Waals surface area contributed by atoms with Crippen molar-refractivity contribution in [1.82, 2.24) is 42.1 Å². The number of nitrogens with one attached hydrogen (secondary N) is 9. The van der Waals surface area contributed by atoms with Crippen LogP contribution in [0.2, 0.25) is 0 Å². The van der Waals surface area contributed by atoms with Crippen molar-refractivity contribution in [2.45, 2.75) is 128 Å². The largest absolute Gasteiger partial charge is 0.508 e. The zero-order valence-corrected chi connectivity index (χ0v) is 37.3. The molecular formula is C41H71N15O8. The molecule has 1 aromatic carbocycles. The fourth-order valence-corrected chi connectivity index (χ4v) is 6.94. The number of hydrogen-bond acceptors (Lipinski definition) is 12. The van der Waals surface area contributed by atoms with Crippen molar-refractivity contribution >= 4 is 53.3 Å². The second kappa shape index (κ2) is 27.1. The fourth-order valence-electron chi connectivity index (χ4n) is 6.94. The van der Waals surface area contributed by atoms with Crippen LogP contribution in [0.25, 0.3) is 0 Å². The van der Waals surface area contributed by atoms with E-state index < -0.39 is 89.6 Å². The Morgan fingerprint density at radius 1 is 0.719 bits per heavy atom. The van der Waals surface area contributed by atoms with Gasteiger partial charge in [0.15, 0.2) is 11.9 Å². The molecule has 20 N–H and O–H groups in total. The summed E-state index contributed by atoms with van der Waals surface area (Å²) in [7, 11) is 0. The topological polar surface area (TPSA) is 405 Å². The van der Waals surface area contributed by atoms with Crippen molar-refractivity contribution in [2.75, 3.05) is 26.2 Å². The maximum Gasteiger partial charge on any atom is 0.244 e. The molecule has 0 aromatic heterocycles. The van der Waals surface area contributed by atoms with Crippen molar-refractivity contribution in [3.8, 4) is 5.75 Å². The normalized spacial score (nSPS) is 16.3. The van der Waals surface area contributed by atoms with Crippen molar-refractivity contribution < 1.29 is 38.7 Å². The Balaban J connectivity index is 2.32. The lowest BCUT2D eigenvalue weighted by atomic mass is 9.99. The summed E-state index contributed by atoms with van der Waals surface area (Å²) in [5, 5.41) is 43.2. The van der Waals surface area contributed by atoms with Crippen molar-refractivity contribution in [2.24, 2.45) is 40.5 Å². The molecule has 0 radical (unpaired) electrons. The van der Waals surface area contributed by atoms with Gasteiger partial charge in [-0.05, 0) is 80.9 Å². The maximum atomic E-state index is 14.1. The molecule has 0 aliphatic carbocycles. The van der Waals surface area contributed by atoms with Gasteiger partial charge in [0.25, 0.3) is 0 Å². The second-order valence-corrected chi connectivity index (χ2v) is 16.7. The van der Waals surface area contributed by atoms with Crippen LogP contribution in [0.15, 0.2) is 24.3 Å². The summed E-state index contributed by atoms with van der Waals surface area (Å²) in [4.78, 5) is 96.0. The number of amides is 7. The zero-order chi connectivity index (χ0) is 48.1. The summed E-state index contributed by atoms with van der Waals surface area (Å²) < 4.78 is 0. The van der Waals surface area contributed by atoms with Crippen LogP contribution in [0, 0.1) is 22.7 Å². The molecule has 1 heterocycles. The van der Waals surface area contributed by atoms with E-state index >= 15 is 0 Å². The zero-order valence-electron chi connectivity index (χ0n) is 37.3. The van der Waals surface area contributed by atoms with Crippen molar-refractivity contribution in [3.05, 3.63) is 29.8 Å². The van der Waals surface area contributed by atoms with Gasteiger partial charge in [0.2, 0.25) is 41.4 Å². The average molecular weight is 902 g/mol. The Bertz CT molecular complexity index is 1760. The smallest absolute Gasteiger partial charge is 0.244 e. The summed E-state index contributed by atoms with van der Waals surface area (Å²) in [5.74, 6) is -5.78. The molecule has 7 atom stereocenters. The number of guanidine groups is 2. The average Bonchev–Trinajstić information content (AvgIpc) is 3.73. The van der Waals surface area contributed by atoms with E-state index in [9.17, 15) is 38.7 Å². The van der Waals surface area contributed by atoms with Gasteiger partial charge < -0.3 is 75.9 Å². The Morgan fingerprint density at radius 3 is 1.81 bits per heavy atom. The molecule has 64 heavy (non-hydrogen) atoms. The number of phenolic OH excluding ortho intramolecular Hbond substituents is 1. The number of benzene rings is 1. The predicted octanol–water partition coefficient (Wildman–Crippen LogP) is -3.26. The maximum absolute atomic E-state index is 14.1. The Kier molecular flexibility index (Phi) is 22.8. The number of aromatic hydroxyl groups is 1. The number of likely N-dealkylation sites (tertiary alicyclic amines) is 1. The van der Waals surface area contributed by atoms with Crippen LogP contribution < -0.4 is 65.9 Å². The molecule has 0 spiro atoms. The summed E-state index contributed by atoms with van der Waals surface area (Å²) in [6, 6.07) is -2.15. The molecule has 1 saturated heterocycles. The Labute approximate surface area is 374 Å². The molecule has 1 aliphatic rings. The number of nitrogens with zero attached hydrogens (tertiary/aromatic N) is 1. The van der Waals surface area contributed by atoms with E-state index in [0.29, 0.717) is 37.8 Å². The lowest BCUT2D eigenvalue weighted by Crippen LogP contribution is -2.61. The summed E-state index contributed by atoms with van der Waals surface area (Å²) in [5.41, 5.74) is 28.9. The second-order valence-electron chi connectivity index (χ2n) is 16.7. The van der Waals surface area contributed by atoms with E-state index in [0.717, 1.165) is 0 Å². The van der Waals surface area contributed by atoms with Gasteiger partial charge in [-0.1, -0.05) is 39.8 Å². The Hall–Kier alpha value is -6.23. The predicted molar refractivity (Wildman–Crippen MR) is 240 cm³/mol. The first-order valence-electron chi connectivity index (χ1n) is 21.7. The third-order valence-electron chi connectivity index (χ3n) is 10.6. The van der Waals surface area contributed by atoms with Crippen LogP contribution in [-0.2, 0) is 40.0 Å². The number of carbonyl (C=O) groups is 7. The number of primary amides is 1. The minimum Gasteiger partial charge on any atom is -0.508 e. The molecule has 0 bridgehead atoms. The first-order chi connectivity index (χ1) is 30.1. The highest BCUT2D eigenvalue weighted by atomic mass is 16.3. The monoisotopic (exact) mass is 902 g/mol. The highest BCUT2D eigenvalue weighted by molar-refractivity contribution is 5.97. The highest BCUT2D eigenvalue weighted by Crippen LogP contribution is 2.20. The lowest BCUT2D eigenvalue weighted by molar-refractivity contribution is -0.140. The van der Waals surface area contributed by atoms with Crippen LogP contribution >= 0.6 is 0 Å². The number of rotatable bonds is 27. The number of carbonyl (C=O) groups excluding carboxylic acids is 7. The van der Waals surface area contributed by atoms with Gasteiger partial charge in [-0.25, -0.2) is 0 Å². The summed E-state index contributed by atoms with van der Waals surface area (Å²) in [6.45, 7) is 7.64. The number of hydrogen-bond donors (Lipinski definition) is 15. The lowest BCUT2D eigenvalue weighted by Gasteiger charge is -2.30. The molecule has 7 unspecified atom stereocenters. The molecule has 1 aromatic rings. The van der Waals surface area contributed by atoms with E-state index in [1.165, 1.54) is 29.2 Å². The van der Waals surface area contributed by atoms with Crippen LogP contribution in [0.5, 0.6) is 5.75 Å². The van der Waals surface area contributed by atoms with Gasteiger partial charge in [0.05, 0.1) is 6.04 Å². The van der Waals surface area contributed by atoms with Gasteiger partial charge in [-0.3, -0.25) is 44.4 Å². The molecule has 23 nitrogen and oxygen atoms in total. The third kappa shape index (κ3) is 18.6. The molecule has 0 saturated carbocycles. The molecule has 7 amide bonds. The van der Waals surface area contributed by atoms with Gasteiger partial charge in [-0.2, -0.15) is 0 Å². The quantitative estimate of drug-likeness (QED) is 0.0234. The SMILES string of the molecule is CC(C)CCC(NC(=O)C(CN)NC(=O)C(Cc1ccc(O)cc1)NC(=O)C(NC(=O)C(CCCNC(=N)N)NC(=O)C1CCCN1C(=O)C(N)CCCNC(=N)N)C(C)C)C(N)=O. The highest BCUT2D eigenvalue weighted by Gasteiger charge is 2.38. The molecule has 1 aliphatic heterocycles. The van der Waals surface area contributed by atoms with E-state index in [1.54, 1.807) is 13.8 Å². The molecular weight excluding hydrogens is 831 g/mol. The third-order valence-corrected chi connectivity index (χ3v) is 10.6. The van der Waals surface area contributed by atoms with Gasteiger partial charge in [0, 0.05) is 32.6 Å². The van der Waals surface area contributed by atoms with Crippen LogP contribution in [0.1, 0.15) is 84.6 Å². The van der Waals surface area contributed by atoms with E-state index in [2.05, 4.69) is 37.2 Å². The first kappa shape index (κ1) is 53.9. The fraction of sp³-hybridized carbons (Fsp3) is 0.634. The van der Waals surface area contributed by atoms with Gasteiger partial charge in [-0.15, -0.1) is 0 Å². The number of phenols is 1. The van der Waals surface area contributed by atoms with E-state index in [4.69, 9.17) is 39.5 Å². The Morgan fingerprint density at radius 2 is 1.27 bits per heavy atom.